The Morgan fingerprint density at radius 2 is 1.82 bits per heavy atom. The van der Waals surface area contributed by atoms with E-state index in [1.54, 1.807) is 0 Å². The van der Waals surface area contributed by atoms with Crippen molar-refractivity contribution in [2.45, 2.75) is 64.5 Å². The zero-order valence-corrected chi connectivity index (χ0v) is 11.4. The molecule has 17 heavy (non-hydrogen) atoms. The first-order chi connectivity index (χ1) is 7.96. The van der Waals surface area contributed by atoms with Crippen LogP contribution in [0, 0.1) is 11.8 Å². The van der Waals surface area contributed by atoms with E-state index >= 15 is 0 Å². The minimum atomic E-state index is -0.123. The van der Waals surface area contributed by atoms with Gasteiger partial charge in [-0.2, -0.15) is 0 Å². The van der Waals surface area contributed by atoms with Crippen LogP contribution in [0.2, 0.25) is 0 Å². The van der Waals surface area contributed by atoms with Crippen LogP contribution in [-0.2, 0) is 4.79 Å². The Bertz CT molecular complexity index is 282. The Morgan fingerprint density at radius 1 is 1.18 bits per heavy atom. The van der Waals surface area contributed by atoms with Gasteiger partial charge in [0.2, 0.25) is 5.91 Å². The summed E-state index contributed by atoms with van der Waals surface area (Å²) in [6, 6.07) is 0.0357. The molecule has 1 saturated heterocycles. The second-order valence-electron chi connectivity index (χ2n) is 6.74. The number of hydrogen-bond acceptors (Lipinski definition) is 2. The highest BCUT2D eigenvalue weighted by Gasteiger charge is 2.35. The molecule has 3 heteroatoms. The van der Waals surface area contributed by atoms with Crippen LogP contribution in [0.25, 0.3) is 0 Å². The van der Waals surface area contributed by atoms with Crippen LogP contribution in [-0.4, -0.2) is 24.0 Å². The van der Waals surface area contributed by atoms with E-state index in [1.165, 1.54) is 25.7 Å². The summed E-state index contributed by atoms with van der Waals surface area (Å²) >= 11 is 0. The molecular weight excluding hydrogens is 212 g/mol. The highest BCUT2D eigenvalue weighted by molar-refractivity contribution is 5.82. The molecule has 0 aromatic heterocycles. The largest absolute Gasteiger partial charge is 0.350 e. The molecule has 1 unspecified atom stereocenters. The molecule has 1 heterocycles. The van der Waals surface area contributed by atoms with Crippen molar-refractivity contribution in [3.63, 3.8) is 0 Å². The van der Waals surface area contributed by atoms with Gasteiger partial charge in [-0.05, 0) is 52.0 Å². The lowest BCUT2D eigenvalue weighted by molar-refractivity contribution is -0.126. The van der Waals surface area contributed by atoms with E-state index in [4.69, 9.17) is 0 Å². The first-order valence-corrected chi connectivity index (χ1v) is 7.01. The second-order valence-corrected chi connectivity index (χ2v) is 6.74. The Hall–Kier alpha value is -0.570. The summed E-state index contributed by atoms with van der Waals surface area (Å²) in [4.78, 5) is 12.1. The maximum atomic E-state index is 12.1. The fourth-order valence-electron chi connectivity index (χ4n) is 3.20. The van der Waals surface area contributed by atoms with Crippen molar-refractivity contribution in [2.24, 2.45) is 11.8 Å². The predicted octanol–water partition coefficient (Wildman–Crippen LogP) is 2.07. The second kappa shape index (κ2) is 4.97. The Kier molecular flexibility index (Phi) is 3.76. The zero-order chi connectivity index (χ0) is 12.5. The number of carbonyl (C=O) groups is 1. The van der Waals surface area contributed by atoms with E-state index in [9.17, 15) is 4.79 Å². The minimum absolute atomic E-state index is 0.0357. The molecule has 1 amide bonds. The molecule has 3 nitrogen and oxygen atoms in total. The molecule has 0 spiro atoms. The fourth-order valence-corrected chi connectivity index (χ4v) is 3.20. The van der Waals surface area contributed by atoms with Crippen molar-refractivity contribution < 1.29 is 4.79 Å². The molecule has 1 saturated carbocycles. The SMILES string of the molecule is CC(C)(C)NC(=O)[C@@H]1C[C@@H]2CCCCC2CN1. The summed E-state index contributed by atoms with van der Waals surface area (Å²) < 4.78 is 0. The van der Waals surface area contributed by atoms with Gasteiger partial charge in [0, 0.05) is 5.54 Å². The Labute approximate surface area is 105 Å². The van der Waals surface area contributed by atoms with E-state index in [0.717, 1.165) is 24.8 Å². The van der Waals surface area contributed by atoms with E-state index in [1.807, 2.05) is 20.8 Å². The van der Waals surface area contributed by atoms with Crippen LogP contribution in [0.15, 0.2) is 0 Å². The van der Waals surface area contributed by atoms with Gasteiger partial charge >= 0.3 is 0 Å². The molecule has 1 aliphatic carbocycles. The number of hydrogen-bond donors (Lipinski definition) is 2. The smallest absolute Gasteiger partial charge is 0.237 e. The fraction of sp³-hybridized carbons (Fsp3) is 0.929. The lowest BCUT2D eigenvalue weighted by Crippen LogP contribution is -2.55. The number of amides is 1. The summed E-state index contributed by atoms with van der Waals surface area (Å²) in [7, 11) is 0. The van der Waals surface area contributed by atoms with Crippen LogP contribution < -0.4 is 10.6 Å². The summed E-state index contributed by atoms with van der Waals surface area (Å²) in [5.41, 5.74) is -0.123. The van der Waals surface area contributed by atoms with Gasteiger partial charge in [-0.25, -0.2) is 0 Å². The van der Waals surface area contributed by atoms with Crippen LogP contribution in [0.4, 0.5) is 0 Å². The van der Waals surface area contributed by atoms with Crippen LogP contribution in [0.1, 0.15) is 52.9 Å². The molecule has 1 aliphatic heterocycles. The maximum Gasteiger partial charge on any atom is 0.237 e. The third-order valence-electron chi connectivity index (χ3n) is 4.05. The van der Waals surface area contributed by atoms with Crippen molar-refractivity contribution in [2.75, 3.05) is 6.54 Å². The van der Waals surface area contributed by atoms with Gasteiger partial charge in [-0.15, -0.1) is 0 Å². The van der Waals surface area contributed by atoms with Gasteiger partial charge in [-0.3, -0.25) is 4.79 Å². The van der Waals surface area contributed by atoms with Gasteiger partial charge < -0.3 is 10.6 Å². The summed E-state index contributed by atoms with van der Waals surface area (Å²) in [5, 5.41) is 6.51. The average Bonchev–Trinajstić information content (AvgIpc) is 2.26. The van der Waals surface area contributed by atoms with Gasteiger partial charge in [0.25, 0.3) is 0 Å². The molecule has 0 aromatic rings. The molecule has 0 radical (unpaired) electrons. The predicted molar refractivity (Wildman–Crippen MR) is 69.8 cm³/mol. The maximum absolute atomic E-state index is 12.1. The standard InChI is InChI=1S/C14H26N2O/c1-14(2,3)16-13(17)12-8-10-6-4-5-7-11(10)9-15-12/h10-12,15H,4-9H2,1-3H3,(H,16,17)/t10-,11?,12-/m0/s1. The lowest BCUT2D eigenvalue weighted by atomic mass is 9.73. The molecule has 0 aromatic carbocycles. The number of rotatable bonds is 1. The molecule has 2 N–H and O–H groups in total. The molecule has 2 rings (SSSR count). The van der Waals surface area contributed by atoms with Crippen molar-refractivity contribution in [3.05, 3.63) is 0 Å². The van der Waals surface area contributed by atoms with Crippen LogP contribution in [0.5, 0.6) is 0 Å². The Morgan fingerprint density at radius 3 is 2.47 bits per heavy atom. The van der Waals surface area contributed by atoms with E-state index < -0.39 is 0 Å². The first kappa shape index (κ1) is 12.9. The lowest BCUT2D eigenvalue weighted by Gasteiger charge is -2.40. The van der Waals surface area contributed by atoms with Crippen molar-refractivity contribution >= 4 is 5.91 Å². The average molecular weight is 238 g/mol. The highest BCUT2D eigenvalue weighted by atomic mass is 16.2. The van der Waals surface area contributed by atoms with Crippen molar-refractivity contribution in [3.8, 4) is 0 Å². The molecule has 2 aliphatic rings. The molecule has 2 fully saturated rings. The molecule has 98 valence electrons. The van der Waals surface area contributed by atoms with E-state index in [-0.39, 0.29) is 17.5 Å². The third-order valence-corrected chi connectivity index (χ3v) is 4.05. The summed E-state index contributed by atoms with van der Waals surface area (Å²) in [6.07, 6.45) is 6.44. The van der Waals surface area contributed by atoms with E-state index in [2.05, 4.69) is 10.6 Å². The quantitative estimate of drug-likeness (QED) is 0.734. The summed E-state index contributed by atoms with van der Waals surface area (Å²) in [5.74, 6) is 1.78. The molecule has 3 atom stereocenters. The zero-order valence-electron chi connectivity index (χ0n) is 11.4. The van der Waals surface area contributed by atoms with Gasteiger partial charge in [0.15, 0.2) is 0 Å². The number of carbonyl (C=O) groups excluding carboxylic acids is 1. The van der Waals surface area contributed by atoms with Crippen LogP contribution in [0.3, 0.4) is 0 Å². The topological polar surface area (TPSA) is 41.1 Å². The van der Waals surface area contributed by atoms with Gasteiger partial charge in [0.05, 0.1) is 6.04 Å². The number of fused-ring (bicyclic) bond motifs is 1. The minimum Gasteiger partial charge on any atom is -0.350 e. The van der Waals surface area contributed by atoms with Crippen LogP contribution >= 0.6 is 0 Å². The van der Waals surface area contributed by atoms with Gasteiger partial charge in [0.1, 0.15) is 0 Å². The number of nitrogens with one attached hydrogen (secondary N) is 2. The molecule has 0 bridgehead atoms. The number of piperidine rings is 1. The van der Waals surface area contributed by atoms with E-state index in [0.29, 0.717) is 0 Å². The highest BCUT2D eigenvalue weighted by Crippen LogP contribution is 2.35. The first-order valence-electron chi connectivity index (χ1n) is 7.01. The monoisotopic (exact) mass is 238 g/mol. The van der Waals surface area contributed by atoms with Crippen molar-refractivity contribution in [1.82, 2.24) is 10.6 Å². The van der Waals surface area contributed by atoms with Crippen molar-refractivity contribution in [1.29, 1.82) is 0 Å². The summed E-state index contributed by atoms with van der Waals surface area (Å²) in [6.45, 7) is 7.15. The normalized spacial score (nSPS) is 33.9. The third kappa shape index (κ3) is 3.44. The Balaban J connectivity index is 1.89. The molecular formula is C14H26N2O. The van der Waals surface area contributed by atoms with Gasteiger partial charge in [-0.1, -0.05) is 19.3 Å².